The molecule has 0 radical (unpaired) electrons. The molecule has 0 aliphatic rings. The second kappa shape index (κ2) is 7.24. The second-order valence-electron chi connectivity index (χ2n) is 4.27. The predicted octanol–water partition coefficient (Wildman–Crippen LogP) is 1.25. The van der Waals surface area contributed by atoms with E-state index in [1.807, 2.05) is 13.0 Å². The maximum Gasteiger partial charge on any atom is 0.240 e. The molecule has 0 heterocycles. The lowest BCUT2D eigenvalue weighted by Gasteiger charge is -2.14. The first-order valence-corrected chi connectivity index (χ1v) is 7.62. The van der Waals surface area contributed by atoms with Gasteiger partial charge in [-0.05, 0) is 36.6 Å². The van der Waals surface area contributed by atoms with Crippen LogP contribution in [0.2, 0.25) is 0 Å². The number of nitrogens with zero attached hydrogens (tertiary/aromatic N) is 1. The summed E-state index contributed by atoms with van der Waals surface area (Å²) in [5, 5.41) is 17.5. The van der Waals surface area contributed by atoms with Crippen LogP contribution in [0.3, 0.4) is 0 Å². The van der Waals surface area contributed by atoms with Gasteiger partial charge in [-0.25, -0.2) is 13.1 Å². The third-order valence-corrected chi connectivity index (χ3v) is 4.41. The van der Waals surface area contributed by atoms with Crippen LogP contribution in [0.15, 0.2) is 29.2 Å². The lowest BCUT2D eigenvalue weighted by atomic mass is 10.0. The Morgan fingerprint density at radius 3 is 2.47 bits per heavy atom. The van der Waals surface area contributed by atoms with Crippen LogP contribution in [0.5, 0.6) is 0 Å². The lowest BCUT2D eigenvalue weighted by Crippen LogP contribution is -2.29. The van der Waals surface area contributed by atoms with Crippen LogP contribution < -0.4 is 4.72 Å². The Labute approximate surface area is 113 Å². The smallest absolute Gasteiger partial charge is 0.240 e. The zero-order chi connectivity index (χ0) is 14.3. The van der Waals surface area contributed by atoms with Crippen molar-refractivity contribution in [1.82, 2.24) is 4.72 Å². The number of rotatable bonds is 7. The molecule has 0 fully saturated rings. The first kappa shape index (κ1) is 15.6. The highest BCUT2D eigenvalue weighted by Gasteiger charge is 2.15. The quantitative estimate of drug-likeness (QED) is 0.787. The molecule has 1 aromatic rings. The third kappa shape index (κ3) is 4.63. The molecule has 0 amide bonds. The zero-order valence-electron chi connectivity index (χ0n) is 10.8. The monoisotopic (exact) mass is 282 g/mol. The molecule has 104 valence electrons. The van der Waals surface area contributed by atoms with Crippen LogP contribution in [0.1, 0.15) is 25.3 Å². The summed E-state index contributed by atoms with van der Waals surface area (Å²) in [6.07, 6.45) is 1.38. The van der Waals surface area contributed by atoms with Crippen LogP contribution in [0.4, 0.5) is 0 Å². The highest BCUT2D eigenvalue weighted by atomic mass is 32.2. The van der Waals surface area contributed by atoms with E-state index in [4.69, 9.17) is 10.4 Å². The molecule has 0 bridgehead atoms. The van der Waals surface area contributed by atoms with Crippen LogP contribution >= 0.6 is 0 Å². The topological polar surface area (TPSA) is 90.2 Å². The van der Waals surface area contributed by atoms with E-state index >= 15 is 0 Å². The van der Waals surface area contributed by atoms with Crippen molar-refractivity contribution in [3.8, 4) is 6.07 Å². The SMILES string of the molecule is CCC(CCO)CNS(=O)(=O)c1ccc(C#N)cc1. The van der Waals surface area contributed by atoms with Crippen LogP contribution in [0, 0.1) is 17.2 Å². The standard InChI is InChI=1S/C13H18N2O3S/c1-2-11(7-8-16)10-15-19(17,18)13-5-3-12(9-14)4-6-13/h3-6,11,15-16H,2,7-8,10H2,1H3. The van der Waals surface area contributed by atoms with E-state index < -0.39 is 10.0 Å². The minimum atomic E-state index is -3.55. The van der Waals surface area contributed by atoms with Gasteiger partial charge < -0.3 is 5.11 Å². The first-order valence-electron chi connectivity index (χ1n) is 6.14. The number of hydrogen-bond acceptors (Lipinski definition) is 4. The predicted molar refractivity (Wildman–Crippen MR) is 71.8 cm³/mol. The Morgan fingerprint density at radius 1 is 1.37 bits per heavy atom. The van der Waals surface area contributed by atoms with Crippen LogP contribution in [-0.4, -0.2) is 26.7 Å². The largest absolute Gasteiger partial charge is 0.396 e. The molecule has 0 aliphatic carbocycles. The molecule has 2 N–H and O–H groups in total. The van der Waals surface area contributed by atoms with Gasteiger partial charge >= 0.3 is 0 Å². The van der Waals surface area contributed by atoms with Crippen molar-refractivity contribution < 1.29 is 13.5 Å². The van der Waals surface area contributed by atoms with Gasteiger partial charge in [0.25, 0.3) is 0 Å². The zero-order valence-corrected chi connectivity index (χ0v) is 11.7. The highest BCUT2D eigenvalue weighted by molar-refractivity contribution is 7.89. The molecular formula is C13H18N2O3S. The normalized spacial score (nSPS) is 12.9. The fourth-order valence-electron chi connectivity index (χ4n) is 1.65. The summed E-state index contributed by atoms with van der Waals surface area (Å²) in [7, 11) is -3.55. The number of aliphatic hydroxyl groups excluding tert-OH is 1. The summed E-state index contributed by atoms with van der Waals surface area (Å²) in [4.78, 5) is 0.144. The summed E-state index contributed by atoms with van der Waals surface area (Å²) < 4.78 is 26.5. The molecule has 1 unspecified atom stereocenters. The van der Waals surface area contributed by atoms with Crippen molar-refractivity contribution in [2.45, 2.75) is 24.7 Å². The first-order chi connectivity index (χ1) is 9.03. The van der Waals surface area contributed by atoms with Crippen molar-refractivity contribution >= 4 is 10.0 Å². The van der Waals surface area contributed by atoms with E-state index in [0.29, 0.717) is 18.5 Å². The van der Waals surface area contributed by atoms with Gasteiger partial charge in [0.2, 0.25) is 10.0 Å². The van der Waals surface area contributed by atoms with Crippen molar-refractivity contribution in [3.63, 3.8) is 0 Å². The van der Waals surface area contributed by atoms with E-state index in [1.54, 1.807) is 0 Å². The summed E-state index contributed by atoms with van der Waals surface area (Å²) in [6, 6.07) is 7.70. The Morgan fingerprint density at radius 2 is 2.00 bits per heavy atom. The number of aliphatic hydroxyl groups is 1. The fourth-order valence-corrected chi connectivity index (χ4v) is 2.77. The summed E-state index contributed by atoms with van der Waals surface area (Å²) in [5.74, 6) is 0.123. The number of benzene rings is 1. The van der Waals surface area contributed by atoms with Crippen molar-refractivity contribution in [3.05, 3.63) is 29.8 Å². The Hall–Kier alpha value is -1.42. The Kier molecular flexibility index (Phi) is 5.96. The van der Waals surface area contributed by atoms with E-state index in [1.165, 1.54) is 24.3 Å². The minimum Gasteiger partial charge on any atom is -0.396 e. The summed E-state index contributed by atoms with van der Waals surface area (Å²) >= 11 is 0. The number of sulfonamides is 1. The van der Waals surface area contributed by atoms with Crippen molar-refractivity contribution in [2.24, 2.45) is 5.92 Å². The second-order valence-corrected chi connectivity index (χ2v) is 6.04. The molecule has 0 saturated carbocycles. The average molecular weight is 282 g/mol. The molecule has 0 aliphatic heterocycles. The highest BCUT2D eigenvalue weighted by Crippen LogP contribution is 2.12. The van der Waals surface area contributed by atoms with Gasteiger partial charge in [-0.1, -0.05) is 13.3 Å². The van der Waals surface area contributed by atoms with Crippen LogP contribution in [-0.2, 0) is 10.0 Å². The van der Waals surface area contributed by atoms with Gasteiger partial charge in [0, 0.05) is 13.2 Å². The number of hydrogen-bond donors (Lipinski definition) is 2. The molecule has 1 atom stereocenters. The molecule has 19 heavy (non-hydrogen) atoms. The van der Waals surface area contributed by atoms with Gasteiger partial charge in [-0.3, -0.25) is 0 Å². The fraction of sp³-hybridized carbons (Fsp3) is 0.462. The van der Waals surface area contributed by atoms with Gasteiger partial charge in [0.15, 0.2) is 0 Å². The Bertz CT molecular complexity index is 532. The molecule has 6 heteroatoms. The molecule has 0 saturated heterocycles. The molecule has 5 nitrogen and oxygen atoms in total. The van der Waals surface area contributed by atoms with E-state index in [-0.39, 0.29) is 17.4 Å². The number of nitrogens with one attached hydrogen (secondary N) is 1. The molecule has 0 spiro atoms. The third-order valence-electron chi connectivity index (χ3n) is 2.97. The van der Waals surface area contributed by atoms with Gasteiger partial charge in [0.1, 0.15) is 0 Å². The maximum atomic E-state index is 12.0. The average Bonchev–Trinajstić information content (AvgIpc) is 2.43. The van der Waals surface area contributed by atoms with E-state index in [0.717, 1.165) is 6.42 Å². The van der Waals surface area contributed by atoms with E-state index in [2.05, 4.69) is 4.72 Å². The van der Waals surface area contributed by atoms with Gasteiger partial charge in [-0.2, -0.15) is 5.26 Å². The van der Waals surface area contributed by atoms with Gasteiger partial charge in [0.05, 0.1) is 16.5 Å². The molecule has 1 rings (SSSR count). The summed E-state index contributed by atoms with van der Waals surface area (Å²) in [6.45, 7) is 2.31. The van der Waals surface area contributed by atoms with Crippen molar-refractivity contribution in [1.29, 1.82) is 5.26 Å². The molecule has 1 aromatic carbocycles. The van der Waals surface area contributed by atoms with Crippen molar-refractivity contribution in [2.75, 3.05) is 13.2 Å². The number of nitriles is 1. The summed E-state index contributed by atoms with van der Waals surface area (Å²) in [5.41, 5.74) is 0.422. The van der Waals surface area contributed by atoms with Crippen LogP contribution in [0.25, 0.3) is 0 Å². The lowest BCUT2D eigenvalue weighted by molar-refractivity contribution is 0.254. The molecular weight excluding hydrogens is 264 g/mol. The molecule has 0 aromatic heterocycles. The van der Waals surface area contributed by atoms with Gasteiger partial charge in [-0.15, -0.1) is 0 Å². The minimum absolute atomic E-state index is 0.0527. The maximum absolute atomic E-state index is 12.0. The van der Waals surface area contributed by atoms with E-state index in [9.17, 15) is 8.42 Å². The Balaban J connectivity index is 2.72.